The second-order valence-electron chi connectivity index (χ2n) is 6.46. The smallest absolute Gasteiger partial charge is 0.246 e. The summed E-state index contributed by atoms with van der Waals surface area (Å²) in [4.78, 5) is 25.2. The van der Waals surface area contributed by atoms with Crippen molar-refractivity contribution in [1.29, 1.82) is 0 Å². The lowest BCUT2D eigenvalue weighted by atomic mass is 10.1. The number of hydrogen-bond acceptors (Lipinski definition) is 5. The first kappa shape index (κ1) is 21.0. The number of aryl methyl sites for hydroxylation is 1. The van der Waals surface area contributed by atoms with Gasteiger partial charge in [0.15, 0.2) is 17.5 Å². The molecule has 0 aliphatic heterocycles. The second kappa shape index (κ2) is 8.72. The van der Waals surface area contributed by atoms with Crippen molar-refractivity contribution < 1.29 is 22.8 Å². The molecular weight excluding hydrogens is 401 g/mol. The molecule has 0 bridgehead atoms. The van der Waals surface area contributed by atoms with E-state index in [9.17, 15) is 22.8 Å². The molecule has 30 heavy (non-hydrogen) atoms. The average molecular weight is 418 g/mol. The van der Waals surface area contributed by atoms with Crippen LogP contribution < -0.4 is 10.6 Å². The fourth-order valence-electron chi connectivity index (χ4n) is 2.44. The number of tetrazole rings is 1. The predicted molar refractivity (Wildman–Crippen MR) is 101 cm³/mol. The number of aromatic nitrogens is 4. The molecule has 0 saturated carbocycles. The zero-order valence-corrected chi connectivity index (χ0v) is 16.0. The van der Waals surface area contributed by atoms with Crippen LogP contribution in [0.15, 0.2) is 36.4 Å². The van der Waals surface area contributed by atoms with Gasteiger partial charge in [-0.05, 0) is 31.2 Å². The number of carbonyl (C=O) groups excluding carboxylic acids is 2. The number of anilines is 1. The van der Waals surface area contributed by atoms with Crippen molar-refractivity contribution in [2.24, 2.45) is 0 Å². The third-order valence-electron chi connectivity index (χ3n) is 4.20. The maximum atomic E-state index is 13.6. The van der Waals surface area contributed by atoms with E-state index in [4.69, 9.17) is 0 Å². The Kier molecular flexibility index (Phi) is 6.09. The highest BCUT2D eigenvalue weighted by Gasteiger charge is 2.20. The third-order valence-corrected chi connectivity index (χ3v) is 4.20. The summed E-state index contributed by atoms with van der Waals surface area (Å²) >= 11 is 0. The van der Waals surface area contributed by atoms with E-state index in [1.165, 1.54) is 6.92 Å². The molecule has 0 aliphatic carbocycles. The van der Waals surface area contributed by atoms with Gasteiger partial charge >= 0.3 is 0 Å². The van der Waals surface area contributed by atoms with Crippen LogP contribution in [0.2, 0.25) is 0 Å². The summed E-state index contributed by atoms with van der Waals surface area (Å²) in [6.45, 7) is 2.92. The van der Waals surface area contributed by atoms with Gasteiger partial charge in [0, 0.05) is 5.56 Å². The molecule has 1 aromatic heterocycles. The Morgan fingerprint density at radius 3 is 2.47 bits per heavy atom. The monoisotopic (exact) mass is 418 g/mol. The number of rotatable bonds is 6. The van der Waals surface area contributed by atoms with Crippen molar-refractivity contribution in [3.63, 3.8) is 0 Å². The standard InChI is InChI=1S/C19H17F3N6O2/c1-10-3-5-12(6-4-10)18-25-27-28(26-18)11(2)19(30)23-9-15(29)24-14-8-7-13(20)16(21)17(14)22/h3-8,11H,9H2,1-2H3,(H,23,30)(H,24,29)/t11-/m0/s1. The maximum absolute atomic E-state index is 13.6. The van der Waals surface area contributed by atoms with Gasteiger partial charge in [0.25, 0.3) is 0 Å². The fraction of sp³-hybridized carbons (Fsp3) is 0.211. The number of halogens is 3. The van der Waals surface area contributed by atoms with Gasteiger partial charge in [0.2, 0.25) is 17.6 Å². The molecule has 0 aliphatic rings. The van der Waals surface area contributed by atoms with Crippen molar-refractivity contribution >= 4 is 17.5 Å². The average Bonchev–Trinajstić information content (AvgIpc) is 3.22. The highest BCUT2D eigenvalue weighted by Crippen LogP contribution is 2.19. The summed E-state index contributed by atoms with van der Waals surface area (Å²) in [5.74, 6) is -5.69. The molecule has 156 valence electrons. The van der Waals surface area contributed by atoms with Crippen molar-refractivity contribution in [2.75, 3.05) is 11.9 Å². The lowest BCUT2D eigenvalue weighted by molar-refractivity contribution is -0.126. The highest BCUT2D eigenvalue weighted by atomic mass is 19.2. The molecule has 8 nitrogen and oxygen atoms in total. The molecule has 3 rings (SSSR count). The van der Waals surface area contributed by atoms with E-state index >= 15 is 0 Å². The van der Waals surface area contributed by atoms with Gasteiger partial charge in [-0.15, -0.1) is 10.2 Å². The summed E-state index contributed by atoms with van der Waals surface area (Å²) in [6, 6.07) is 8.09. The van der Waals surface area contributed by atoms with E-state index in [0.717, 1.165) is 22.0 Å². The summed E-state index contributed by atoms with van der Waals surface area (Å²) in [7, 11) is 0. The van der Waals surface area contributed by atoms with Crippen LogP contribution in [0.5, 0.6) is 0 Å². The van der Waals surface area contributed by atoms with E-state index in [0.29, 0.717) is 11.9 Å². The van der Waals surface area contributed by atoms with E-state index in [-0.39, 0.29) is 0 Å². The minimum atomic E-state index is -1.70. The van der Waals surface area contributed by atoms with Crippen LogP contribution in [0.3, 0.4) is 0 Å². The van der Waals surface area contributed by atoms with Gasteiger partial charge in [0.05, 0.1) is 12.2 Å². The van der Waals surface area contributed by atoms with Crippen LogP contribution in [0.1, 0.15) is 18.5 Å². The molecule has 1 heterocycles. The van der Waals surface area contributed by atoms with Crippen LogP contribution in [0.25, 0.3) is 11.4 Å². The van der Waals surface area contributed by atoms with Gasteiger partial charge in [-0.1, -0.05) is 29.8 Å². The van der Waals surface area contributed by atoms with Gasteiger partial charge in [-0.25, -0.2) is 13.2 Å². The first-order chi connectivity index (χ1) is 14.3. The third kappa shape index (κ3) is 4.62. The Labute approximate surface area is 169 Å². The van der Waals surface area contributed by atoms with Crippen LogP contribution in [-0.4, -0.2) is 38.6 Å². The van der Waals surface area contributed by atoms with E-state index < -0.39 is 47.5 Å². The maximum Gasteiger partial charge on any atom is 0.246 e. The zero-order chi connectivity index (χ0) is 21.8. The molecule has 1 atom stereocenters. The minimum Gasteiger partial charge on any atom is -0.345 e. The molecule has 0 fully saturated rings. The first-order valence-electron chi connectivity index (χ1n) is 8.84. The van der Waals surface area contributed by atoms with Crippen molar-refractivity contribution in [3.8, 4) is 11.4 Å². The van der Waals surface area contributed by atoms with E-state index in [1.807, 2.05) is 31.2 Å². The SMILES string of the molecule is Cc1ccc(-c2nnn([C@@H](C)C(=O)NCC(=O)Nc3ccc(F)c(F)c3F)n2)cc1. The number of carbonyl (C=O) groups is 2. The molecule has 2 amide bonds. The number of nitrogens with zero attached hydrogens (tertiary/aromatic N) is 4. The zero-order valence-electron chi connectivity index (χ0n) is 16.0. The molecule has 3 aromatic rings. The first-order valence-corrected chi connectivity index (χ1v) is 8.84. The van der Waals surface area contributed by atoms with Crippen molar-refractivity contribution in [1.82, 2.24) is 25.5 Å². The summed E-state index contributed by atoms with van der Waals surface area (Å²) in [6.07, 6.45) is 0. The lowest BCUT2D eigenvalue weighted by Gasteiger charge is -2.11. The topological polar surface area (TPSA) is 102 Å². The Morgan fingerprint density at radius 1 is 1.07 bits per heavy atom. The second-order valence-corrected chi connectivity index (χ2v) is 6.46. The number of nitrogens with one attached hydrogen (secondary N) is 2. The van der Waals surface area contributed by atoms with Gasteiger partial charge < -0.3 is 10.6 Å². The Bertz CT molecular complexity index is 1080. The Balaban J connectivity index is 1.58. The van der Waals surface area contributed by atoms with Crippen LogP contribution >= 0.6 is 0 Å². The number of amides is 2. The van der Waals surface area contributed by atoms with Crippen LogP contribution in [-0.2, 0) is 9.59 Å². The predicted octanol–water partition coefficient (Wildman–Crippen LogP) is 2.38. The highest BCUT2D eigenvalue weighted by molar-refractivity contribution is 5.95. The normalized spacial score (nSPS) is 11.8. The quantitative estimate of drug-likeness (QED) is 0.599. The summed E-state index contributed by atoms with van der Waals surface area (Å²) < 4.78 is 39.7. The molecule has 0 spiro atoms. The van der Waals surface area contributed by atoms with Gasteiger partial charge in [0.1, 0.15) is 6.04 Å². The van der Waals surface area contributed by atoms with E-state index in [2.05, 4.69) is 26.0 Å². The molecular formula is C19H17F3N6O2. The number of hydrogen-bond donors (Lipinski definition) is 2. The summed E-state index contributed by atoms with van der Waals surface area (Å²) in [5.41, 5.74) is 1.26. The molecule has 0 saturated heterocycles. The van der Waals surface area contributed by atoms with Crippen molar-refractivity contribution in [3.05, 3.63) is 59.4 Å². The van der Waals surface area contributed by atoms with Crippen molar-refractivity contribution in [2.45, 2.75) is 19.9 Å². The van der Waals surface area contributed by atoms with Crippen LogP contribution in [0, 0.1) is 24.4 Å². The van der Waals surface area contributed by atoms with Gasteiger partial charge in [-0.2, -0.15) is 4.80 Å². The Hall–Kier alpha value is -3.76. The molecule has 2 N–H and O–H groups in total. The van der Waals surface area contributed by atoms with Crippen LogP contribution in [0.4, 0.5) is 18.9 Å². The lowest BCUT2D eigenvalue weighted by Crippen LogP contribution is -2.37. The minimum absolute atomic E-state index is 0.334. The molecule has 0 unspecified atom stereocenters. The van der Waals surface area contributed by atoms with E-state index in [1.54, 1.807) is 0 Å². The molecule has 11 heteroatoms. The van der Waals surface area contributed by atoms with Gasteiger partial charge in [-0.3, -0.25) is 9.59 Å². The molecule has 0 radical (unpaired) electrons. The molecule has 2 aromatic carbocycles. The largest absolute Gasteiger partial charge is 0.345 e. The number of benzene rings is 2. The summed E-state index contributed by atoms with van der Waals surface area (Å²) in [5, 5.41) is 16.3. The Morgan fingerprint density at radius 2 is 1.77 bits per heavy atom. The fourth-order valence-corrected chi connectivity index (χ4v) is 2.44.